The van der Waals surface area contributed by atoms with Gasteiger partial charge in [-0.05, 0) is 49.2 Å². The van der Waals surface area contributed by atoms with Crippen molar-refractivity contribution < 1.29 is 27.2 Å². The Bertz CT molecular complexity index is 1190. The van der Waals surface area contributed by atoms with E-state index < -0.39 is 35.2 Å². The van der Waals surface area contributed by atoms with E-state index in [1.54, 1.807) is 12.1 Å². The first-order chi connectivity index (χ1) is 16.1. The quantitative estimate of drug-likeness (QED) is 0.552. The van der Waals surface area contributed by atoms with Crippen molar-refractivity contribution >= 4 is 29.2 Å². The van der Waals surface area contributed by atoms with Crippen LogP contribution in [0.25, 0.3) is 5.69 Å². The minimum Gasteiger partial charge on any atom is -0.337 e. The second-order valence-electron chi connectivity index (χ2n) is 7.59. The SMILES string of the molecule is O=C(Nc1ccc(Cl)cn1)C1CCN(C(=O)c2nnn(-c3ccc(F)cc3)c2C(F)(F)F)CC1. The lowest BCUT2D eigenvalue weighted by Crippen LogP contribution is -2.42. The third-order valence-corrected chi connectivity index (χ3v) is 5.57. The van der Waals surface area contributed by atoms with Gasteiger partial charge in [0.1, 0.15) is 11.6 Å². The van der Waals surface area contributed by atoms with Gasteiger partial charge in [-0.1, -0.05) is 16.8 Å². The standard InChI is InChI=1S/C21H17ClF4N6O2/c22-13-1-6-16(27-11-13)28-19(33)12-7-9-31(10-8-12)20(34)17-18(21(24,25)26)32(30-29-17)15-4-2-14(23)3-5-15/h1-6,11-12H,7-10H2,(H,27,28,33). The van der Waals surface area contributed by atoms with Crippen LogP contribution in [-0.2, 0) is 11.0 Å². The fourth-order valence-electron chi connectivity index (χ4n) is 3.62. The van der Waals surface area contributed by atoms with E-state index in [4.69, 9.17) is 11.6 Å². The number of piperidine rings is 1. The maximum absolute atomic E-state index is 13.8. The lowest BCUT2D eigenvalue weighted by Gasteiger charge is -2.31. The molecule has 1 N–H and O–H groups in total. The molecule has 0 unspecified atom stereocenters. The van der Waals surface area contributed by atoms with Crippen LogP contribution in [0.15, 0.2) is 42.6 Å². The van der Waals surface area contributed by atoms with E-state index in [2.05, 4.69) is 20.6 Å². The first-order valence-corrected chi connectivity index (χ1v) is 10.5. The molecule has 2 amide bonds. The Kier molecular flexibility index (Phi) is 6.51. The molecule has 4 rings (SSSR count). The molecule has 1 aliphatic rings. The molecule has 1 aliphatic heterocycles. The predicted octanol–water partition coefficient (Wildman–Crippen LogP) is 3.96. The number of amides is 2. The summed E-state index contributed by atoms with van der Waals surface area (Å²) in [4.78, 5) is 30.6. The van der Waals surface area contributed by atoms with Crippen molar-refractivity contribution in [2.75, 3.05) is 18.4 Å². The minimum atomic E-state index is -4.94. The molecular weight excluding hydrogens is 480 g/mol. The fourth-order valence-corrected chi connectivity index (χ4v) is 3.73. The summed E-state index contributed by atoms with van der Waals surface area (Å²) in [7, 11) is 0. The summed E-state index contributed by atoms with van der Waals surface area (Å²) in [5.74, 6) is -2.01. The van der Waals surface area contributed by atoms with Gasteiger partial charge in [-0.2, -0.15) is 13.2 Å². The predicted molar refractivity (Wildman–Crippen MR) is 113 cm³/mol. The normalized spacial score (nSPS) is 14.8. The summed E-state index contributed by atoms with van der Waals surface area (Å²) in [6.07, 6.45) is -3.06. The van der Waals surface area contributed by atoms with E-state index in [-0.39, 0.29) is 37.5 Å². The van der Waals surface area contributed by atoms with E-state index in [9.17, 15) is 27.2 Å². The fraction of sp³-hybridized carbons (Fsp3) is 0.286. The van der Waals surface area contributed by atoms with Crippen LogP contribution in [0.2, 0.25) is 5.02 Å². The Morgan fingerprint density at radius 1 is 1.06 bits per heavy atom. The Labute approximate surface area is 195 Å². The highest BCUT2D eigenvalue weighted by Crippen LogP contribution is 2.34. The monoisotopic (exact) mass is 496 g/mol. The highest BCUT2D eigenvalue weighted by molar-refractivity contribution is 6.30. The number of pyridine rings is 1. The summed E-state index contributed by atoms with van der Waals surface area (Å²) in [5.41, 5.74) is -2.30. The molecule has 0 radical (unpaired) electrons. The molecule has 178 valence electrons. The molecule has 0 atom stereocenters. The largest absolute Gasteiger partial charge is 0.435 e. The zero-order chi connectivity index (χ0) is 24.5. The molecule has 0 aliphatic carbocycles. The van der Waals surface area contributed by atoms with Gasteiger partial charge < -0.3 is 10.2 Å². The van der Waals surface area contributed by atoms with Crippen LogP contribution in [0.1, 0.15) is 29.0 Å². The molecule has 3 heterocycles. The van der Waals surface area contributed by atoms with Gasteiger partial charge in [0, 0.05) is 25.2 Å². The van der Waals surface area contributed by atoms with Crippen LogP contribution in [0, 0.1) is 11.7 Å². The number of carbonyl (C=O) groups is 2. The van der Waals surface area contributed by atoms with E-state index in [0.717, 1.165) is 24.3 Å². The van der Waals surface area contributed by atoms with E-state index in [1.807, 2.05) is 0 Å². The van der Waals surface area contributed by atoms with Gasteiger partial charge in [0.25, 0.3) is 5.91 Å². The van der Waals surface area contributed by atoms with Crippen molar-refractivity contribution in [3.63, 3.8) is 0 Å². The molecule has 1 fully saturated rings. The Balaban J connectivity index is 1.47. The Morgan fingerprint density at radius 2 is 1.74 bits per heavy atom. The van der Waals surface area contributed by atoms with Gasteiger partial charge in [-0.25, -0.2) is 14.1 Å². The molecule has 2 aromatic heterocycles. The molecule has 0 spiro atoms. The van der Waals surface area contributed by atoms with Crippen molar-refractivity contribution in [3.05, 3.63) is 64.8 Å². The zero-order valence-corrected chi connectivity index (χ0v) is 18.1. The molecule has 34 heavy (non-hydrogen) atoms. The molecule has 0 saturated carbocycles. The molecular formula is C21H17ClF4N6O2. The number of likely N-dealkylation sites (tertiary alicyclic amines) is 1. The second kappa shape index (κ2) is 9.37. The molecule has 0 bridgehead atoms. The molecule has 8 nitrogen and oxygen atoms in total. The van der Waals surface area contributed by atoms with Crippen LogP contribution in [0.4, 0.5) is 23.4 Å². The number of hydrogen-bond acceptors (Lipinski definition) is 5. The highest BCUT2D eigenvalue weighted by Gasteiger charge is 2.43. The average Bonchev–Trinajstić information content (AvgIpc) is 3.26. The third-order valence-electron chi connectivity index (χ3n) is 5.34. The van der Waals surface area contributed by atoms with Gasteiger partial charge in [0.2, 0.25) is 5.91 Å². The minimum absolute atomic E-state index is 0.0612. The van der Waals surface area contributed by atoms with E-state index in [1.165, 1.54) is 11.1 Å². The summed E-state index contributed by atoms with van der Waals surface area (Å²) in [6, 6.07) is 7.28. The van der Waals surface area contributed by atoms with Gasteiger partial charge in [-0.3, -0.25) is 9.59 Å². The maximum atomic E-state index is 13.8. The van der Waals surface area contributed by atoms with Crippen LogP contribution in [0.3, 0.4) is 0 Å². The number of rotatable bonds is 4. The number of halogens is 5. The van der Waals surface area contributed by atoms with E-state index >= 15 is 0 Å². The summed E-state index contributed by atoms with van der Waals surface area (Å²) in [5, 5.41) is 10.0. The average molecular weight is 497 g/mol. The van der Waals surface area contributed by atoms with Gasteiger partial charge in [0.15, 0.2) is 11.4 Å². The Morgan fingerprint density at radius 3 is 2.32 bits per heavy atom. The van der Waals surface area contributed by atoms with Gasteiger partial charge in [-0.15, -0.1) is 5.10 Å². The zero-order valence-electron chi connectivity index (χ0n) is 17.4. The van der Waals surface area contributed by atoms with Crippen LogP contribution in [-0.4, -0.2) is 49.8 Å². The molecule has 1 saturated heterocycles. The van der Waals surface area contributed by atoms with Gasteiger partial charge >= 0.3 is 6.18 Å². The van der Waals surface area contributed by atoms with Crippen molar-refractivity contribution in [1.82, 2.24) is 24.9 Å². The number of alkyl halides is 3. The van der Waals surface area contributed by atoms with Gasteiger partial charge in [0.05, 0.1) is 10.7 Å². The topological polar surface area (TPSA) is 93.0 Å². The van der Waals surface area contributed by atoms with Crippen LogP contribution in [0.5, 0.6) is 0 Å². The summed E-state index contributed by atoms with van der Waals surface area (Å²) >= 11 is 5.77. The van der Waals surface area contributed by atoms with Crippen molar-refractivity contribution in [3.8, 4) is 5.69 Å². The van der Waals surface area contributed by atoms with Crippen molar-refractivity contribution in [1.29, 1.82) is 0 Å². The first-order valence-electron chi connectivity index (χ1n) is 10.1. The summed E-state index contributed by atoms with van der Waals surface area (Å²) < 4.78 is 55.1. The smallest absolute Gasteiger partial charge is 0.337 e. The van der Waals surface area contributed by atoms with Crippen molar-refractivity contribution in [2.24, 2.45) is 5.92 Å². The Hall–Kier alpha value is -3.54. The van der Waals surface area contributed by atoms with E-state index in [0.29, 0.717) is 15.5 Å². The number of anilines is 1. The molecule has 13 heteroatoms. The third kappa shape index (κ3) is 5.01. The highest BCUT2D eigenvalue weighted by atomic mass is 35.5. The van der Waals surface area contributed by atoms with Crippen LogP contribution >= 0.6 is 11.6 Å². The number of benzene rings is 1. The maximum Gasteiger partial charge on any atom is 0.435 e. The molecule has 1 aromatic carbocycles. The number of carbonyl (C=O) groups excluding carboxylic acids is 2. The number of hydrogen-bond donors (Lipinski definition) is 1. The first kappa shape index (κ1) is 23.6. The second-order valence-corrected chi connectivity index (χ2v) is 8.03. The lowest BCUT2D eigenvalue weighted by molar-refractivity contribution is -0.143. The molecule has 3 aromatic rings. The van der Waals surface area contributed by atoms with Crippen molar-refractivity contribution in [2.45, 2.75) is 19.0 Å². The number of aromatic nitrogens is 4. The summed E-state index contributed by atoms with van der Waals surface area (Å²) in [6.45, 7) is 0.122. The van der Waals surface area contributed by atoms with Crippen LogP contribution < -0.4 is 5.32 Å². The lowest BCUT2D eigenvalue weighted by atomic mass is 9.95. The number of nitrogens with zero attached hydrogens (tertiary/aromatic N) is 5. The number of nitrogens with one attached hydrogen (secondary N) is 1.